The predicted molar refractivity (Wildman–Crippen MR) is 70.9 cm³/mol. The number of amides is 1. The Morgan fingerprint density at radius 2 is 2.00 bits per heavy atom. The van der Waals surface area contributed by atoms with Crippen LogP contribution in [-0.2, 0) is 0 Å². The monoisotopic (exact) mass is 267 g/mol. The third kappa shape index (κ3) is 2.80. The van der Waals surface area contributed by atoms with E-state index in [2.05, 4.69) is 9.97 Å². The number of halogens is 1. The number of hydrogen-bond donors (Lipinski definition) is 0. The number of carbonyl (C=O) groups is 1. The summed E-state index contributed by atoms with van der Waals surface area (Å²) < 4.78 is 0. The molecule has 0 N–H and O–H groups in total. The molecule has 1 saturated heterocycles. The molecular weight excluding hydrogens is 250 g/mol. The van der Waals surface area contributed by atoms with Gasteiger partial charge in [0.1, 0.15) is 5.82 Å². The Labute approximate surface area is 112 Å². The molecule has 0 atom stereocenters. The van der Waals surface area contributed by atoms with Crippen molar-refractivity contribution in [3.63, 3.8) is 0 Å². The number of aromatic nitrogens is 2. The van der Waals surface area contributed by atoms with E-state index in [1.165, 1.54) is 12.6 Å². The summed E-state index contributed by atoms with van der Waals surface area (Å²) in [4.78, 5) is 22.6. The third-order valence-electron chi connectivity index (χ3n) is 3.12. The van der Waals surface area contributed by atoms with E-state index in [0.29, 0.717) is 16.5 Å². The lowest BCUT2D eigenvalue weighted by Gasteiger charge is -2.26. The van der Waals surface area contributed by atoms with Gasteiger partial charge in [0.2, 0.25) is 0 Å². The van der Waals surface area contributed by atoms with Gasteiger partial charge >= 0.3 is 0 Å². The lowest BCUT2D eigenvalue weighted by atomic mass is 10.1. The van der Waals surface area contributed by atoms with Crippen LogP contribution in [0.1, 0.15) is 55.3 Å². The van der Waals surface area contributed by atoms with Crippen LogP contribution < -0.4 is 0 Å². The maximum Gasteiger partial charge on any atom is 0.274 e. The van der Waals surface area contributed by atoms with Crippen molar-refractivity contribution < 1.29 is 4.79 Å². The number of carbonyl (C=O) groups excluding carboxylic acids is 1. The largest absolute Gasteiger partial charge is 0.337 e. The number of hydrogen-bond acceptors (Lipinski definition) is 3. The fourth-order valence-corrected chi connectivity index (χ4v) is 2.23. The van der Waals surface area contributed by atoms with Gasteiger partial charge in [-0.3, -0.25) is 4.79 Å². The Kier molecular flexibility index (Phi) is 4.17. The van der Waals surface area contributed by atoms with Gasteiger partial charge in [0, 0.05) is 19.0 Å². The number of likely N-dealkylation sites (tertiary alicyclic amines) is 1. The molecule has 1 aliphatic rings. The first kappa shape index (κ1) is 13.3. The molecule has 1 aromatic heterocycles. The molecule has 0 aromatic carbocycles. The highest BCUT2D eigenvalue weighted by molar-refractivity contribution is 6.33. The van der Waals surface area contributed by atoms with Crippen molar-refractivity contribution in [2.45, 2.75) is 39.0 Å². The molecule has 1 aromatic rings. The SMILES string of the molecule is CC(C)c1ncc(Cl)c(C(=O)N2CCCCC2)n1. The fraction of sp³-hybridized carbons (Fsp3) is 0.615. The summed E-state index contributed by atoms with van der Waals surface area (Å²) in [6.07, 6.45) is 4.84. The van der Waals surface area contributed by atoms with Crippen LogP contribution in [0.25, 0.3) is 0 Å². The average Bonchev–Trinajstić information content (AvgIpc) is 2.39. The Hall–Kier alpha value is -1.16. The quantitative estimate of drug-likeness (QED) is 0.828. The van der Waals surface area contributed by atoms with Crippen LogP contribution >= 0.6 is 11.6 Å². The summed E-state index contributed by atoms with van der Waals surface area (Å²) in [6.45, 7) is 5.60. The number of rotatable bonds is 2. The second-order valence-corrected chi connectivity index (χ2v) is 5.34. The molecule has 0 radical (unpaired) electrons. The maximum absolute atomic E-state index is 12.3. The first-order chi connectivity index (χ1) is 8.59. The summed E-state index contributed by atoms with van der Waals surface area (Å²) in [7, 11) is 0. The van der Waals surface area contributed by atoms with Crippen molar-refractivity contribution in [1.29, 1.82) is 0 Å². The van der Waals surface area contributed by atoms with E-state index < -0.39 is 0 Å². The van der Waals surface area contributed by atoms with Gasteiger partial charge in [0.15, 0.2) is 5.69 Å². The topological polar surface area (TPSA) is 46.1 Å². The molecule has 98 valence electrons. The molecule has 0 bridgehead atoms. The van der Waals surface area contributed by atoms with E-state index in [1.807, 2.05) is 18.7 Å². The summed E-state index contributed by atoms with van der Waals surface area (Å²) >= 11 is 6.04. The summed E-state index contributed by atoms with van der Waals surface area (Å²) in [5.74, 6) is 0.791. The molecule has 1 fully saturated rings. The van der Waals surface area contributed by atoms with Crippen LogP contribution in [0.5, 0.6) is 0 Å². The molecule has 5 heteroatoms. The van der Waals surface area contributed by atoms with Crippen LogP contribution in [0.4, 0.5) is 0 Å². The van der Waals surface area contributed by atoms with E-state index in [4.69, 9.17) is 11.6 Å². The summed E-state index contributed by atoms with van der Waals surface area (Å²) in [6, 6.07) is 0. The second kappa shape index (κ2) is 5.65. The van der Waals surface area contributed by atoms with E-state index in [0.717, 1.165) is 25.9 Å². The highest BCUT2D eigenvalue weighted by Crippen LogP contribution is 2.19. The fourth-order valence-electron chi connectivity index (χ4n) is 2.06. The van der Waals surface area contributed by atoms with Gasteiger partial charge in [-0.15, -0.1) is 0 Å². The minimum absolute atomic E-state index is 0.0657. The van der Waals surface area contributed by atoms with Gasteiger partial charge < -0.3 is 4.90 Å². The van der Waals surface area contributed by atoms with Gasteiger partial charge in [-0.25, -0.2) is 9.97 Å². The molecule has 2 heterocycles. The molecule has 1 amide bonds. The molecule has 0 aliphatic carbocycles. The van der Waals surface area contributed by atoms with Crippen LogP contribution in [0.3, 0.4) is 0 Å². The molecule has 0 unspecified atom stereocenters. The lowest BCUT2D eigenvalue weighted by Crippen LogP contribution is -2.36. The standard InChI is InChI=1S/C13H18ClN3O/c1-9(2)12-15-8-10(14)11(16-12)13(18)17-6-4-3-5-7-17/h8-9H,3-7H2,1-2H3. The Balaban J connectivity index is 2.25. The van der Waals surface area contributed by atoms with Gasteiger partial charge in [-0.1, -0.05) is 25.4 Å². The summed E-state index contributed by atoms with van der Waals surface area (Å²) in [5, 5.41) is 0.343. The van der Waals surface area contributed by atoms with Gasteiger partial charge in [-0.05, 0) is 19.3 Å². The first-order valence-electron chi connectivity index (χ1n) is 6.41. The van der Waals surface area contributed by atoms with Crippen LogP contribution in [0, 0.1) is 0 Å². The average molecular weight is 268 g/mol. The predicted octanol–water partition coefficient (Wildman–Crippen LogP) is 2.88. The van der Waals surface area contributed by atoms with E-state index in [9.17, 15) is 4.79 Å². The highest BCUT2D eigenvalue weighted by atomic mass is 35.5. The minimum atomic E-state index is -0.0657. The first-order valence-corrected chi connectivity index (χ1v) is 6.79. The molecule has 0 spiro atoms. The number of nitrogens with zero attached hydrogens (tertiary/aromatic N) is 3. The van der Waals surface area contributed by atoms with E-state index >= 15 is 0 Å². The molecule has 4 nitrogen and oxygen atoms in total. The smallest absolute Gasteiger partial charge is 0.274 e. The minimum Gasteiger partial charge on any atom is -0.337 e. The van der Waals surface area contributed by atoms with Crippen molar-refractivity contribution in [2.24, 2.45) is 0 Å². The molecule has 18 heavy (non-hydrogen) atoms. The maximum atomic E-state index is 12.3. The van der Waals surface area contributed by atoms with Gasteiger partial charge in [0.05, 0.1) is 11.2 Å². The third-order valence-corrected chi connectivity index (χ3v) is 3.40. The van der Waals surface area contributed by atoms with Crippen LogP contribution in [0.2, 0.25) is 5.02 Å². The van der Waals surface area contributed by atoms with Gasteiger partial charge in [-0.2, -0.15) is 0 Å². The zero-order chi connectivity index (χ0) is 13.1. The zero-order valence-corrected chi connectivity index (χ0v) is 11.6. The van der Waals surface area contributed by atoms with Crippen LogP contribution in [-0.4, -0.2) is 33.9 Å². The highest BCUT2D eigenvalue weighted by Gasteiger charge is 2.22. The Morgan fingerprint density at radius 1 is 1.33 bits per heavy atom. The lowest BCUT2D eigenvalue weighted by molar-refractivity contribution is 0.0718. The molecule has 2 rings (SSSR count). The van der Waals surface area contributed by atoms with E-state index in [1.54, 1.807) is 0 Å². The van der Waals surface area contributed by atoms with E-state index in [-0.39, 0.29) is 11.8 Å². The molecule has 0 saturated carbocycles. The normalized spacial score (nSPS) is 16.1. The number of piperidine rings is 1. The van der Waals surface area contributed by atoms with Crippen molar-refractivity contribution in [2.75, 3.05) is 13.1 Å². The van der Waals surface area contributed by atoms with Crippen molar-refractivity contribution in [3.8, 4) is 0 Å². The van der Waals surface area contributed by atoms with Crippen LogP contribution in [0.15, 0.2) is 6.20 Å². The molecule has 1 aliphatic heterocycles. The Bertz CT molecular complexity index is 442. The van der Waals surface area contributed by atoms with Crippen molar-refractivity contribution in [3.05, 3.63) is 22.7 Å². The van der Waals surface area contributed by atoms with Crippen molar-refractivity contribution in [1.82, 2.24) is 14.9 Å². The molecular formula is C13H18ClN3O. The summed E-state index contributed by atoms with van der Waals surface area (Å²) in [5.41, 5.74) is 0.345. The van der Waals surface area contributed by atoms with Crippen molar-refractivity contribution >= 4 is 17.5 Å². The van der Waals surface area contributed by atoms with Gasteiger partial charge in [0.25, 0.3) is 5.91 Å². The Morgan fingerprint density at radius 3 is 2.61 bits per heavy atom. The zero-order valence-electron chi connectivity index (χ0n) is 10.8. The second-order valence-electron chi connectivity index (χ2n) is 4.93.